The van der Waals surface area contributed by atoms with Crippen molar-refractivity contribution in [1.29, 1.82) is 0 Å². The van der Waals surface area contributed by atoms with Gasteiger partial charge in [-0.25, -0.2) is 13.4 Å². The van der Waals surface area contributed by atoms with E-state index in [9.17, 15) is 26.4 Å². The number of rotatable bonds is 11. The zero-order valence-electron chi connectivity index (χ0n) is 19.3. The molecule has 1 N–H and O–H groups in total. The molecule has 1 saturated carbocycles. The number of sulfone groups is 1. The van der Waals surface area contributed by atoms with E-state index >= 15 is 0 Å². The van der Waals surface area contributed by atoms with Crippen LogP contribution in [0.3, 0.4) is 0 Å². The van der Waals surface area contributed by atoms with Crippen LogP contribution in [0.2, 0.25) is 0 Å². The number of halogens is 3. The Balaban J connectivity index is 1.47. The zero-order chi connectivity index (χ0) is 25.3. The van der Waals surface area contributed by atoms with Crippen LogP contribution in [0.1, 0.15) is 49.7 Å². The Labute approximate surface area is 208 Å². The van der Waals surface area contributed by atoms with Crippen molar-refractivity contribution in [2.75, 3.05) is 22.6 Å². The molecular weight excluding hydrogens is 497 g/mol. The molecule has 190 valence electrons. The van der Waals surface area contributed by atoms with E-state index in [1.165, 1.54) is 61.7 Å². The minimum Gasteiger partial charge on any atom is -0.324 e. The average molecular weight is 527 g/mol. The third-order valence-electron chi connectivity index (χ3n) is 5.81. The van der Waals surface area contributed by atoms with Gasteiger partial charge in [0, 0.05) is 18.4 Å². The largest absolute Gasteiger partial charge is 0.416 e. The van der Waals surface area contributed by atoms with Gasteiger partial charge in [0.1, 0.15) is 5.03 Å². The Morgan fingerprint density at radius 2 is 1.94 bits per heavy atom. The molecule has 0 saturated heterocycles. The summed E-state index contributed by atoms with van der Waals surface area (Å²) in [5.41, 5.74) is 0.0673. The van der Waals surface area contributed by atoms with Crippen molar-refractivity contribution in [2.24, 2.45) is 5.92 Å². The number of anilines is 1. The van der Waals surface area contributed by atoms with Gasteiger partial charge in [-0.2, -0.15) is 13.2 Å². The third-order valence-corrected chi connectivity index (χ3v) is 8.60. The first-order valence-corrected chi connectivity index (χ1v) is 14.3. The van der Waals surface area contributed by atoms with Crippen LogP contribution in [0.15, 0.2) is 53.7 Å². The first-order valence-electron chi connectivity index (χ1n) is 11.5. The molecule has 35 heavy (non-hydrogen) atoms. The van der Waals surface area contributed by atoms with Gasteiger partial charge < -0.3 is 5.32 Å². The van der Waals surface area contributed by atoms with E-state index in [0.717, 1.165) is 18.6 Å². The number of amides is 1. The maximum atomic E-state index is 12.8. The maximum Gasteiger partial charge on any atom is 0.416 e. The van der Waals surface area contributed by atoms with Crippen LogP contribution in [0.4, 0.5) is 18.9 Å². The van der Waals surface area contributed by atoms with Crippen molar-refractivity contribution in [3.8, 4) is 0 Å². The van der Waals surface area contributed by atoms with Gasteiger partial charge in [-0.3, -0.25) is 4.79 Å². The second kappa shape index (κ2) is 12.6. The van der Waals surface area contributed by atoms with Gasteiger partial charge in [-0.15, -0.1) is 11.8 Å². The zero-order valence-corrected chi connectivity index (χ0v) is 20.9. The molecule has 0 unspecified atom stereocenters. The number of thioether (sulfide) groups is 1. The molecule has 3 rings (SSSR count). The molecule has 1 heterocycles. The molecule has 0 aliphatic heterocycles. The summed E-state index contributed by atoms with van der Waals surface area (Å²) < 4.78 is 63.2. The number of nitrogens with one attached hydrogen (secondary N) is 1. The number of alkyl halides is 3. The van der Waals surface area contributed by atoms with E-state index in [4.69, 9.17) is 0 Å². The molecule has 0 spiro atoms. The summed E-state index contributed by atoms with van der Waals surface area (Å²) in [7, 11) is -3.46. The van der Waals surface area contributed by atoms with Gasteiger partial charge in [-0.05, 0) is 42.2 Å². The summed E-state index contributed by atoms with van der Waals surface area (Å²) in [6.45, 7) is 0. The fraction of sp³-hybridized carbons (Fsp3) is 0.440. The number of carbonyl (C=O) groups excluding carboxylic acids is 1. The highest BCUT2D eigenvalue weighted by Crippen LogP contribution is 2.30. The maximum absolute atomic E-state index is 12.8. The molecule has 0 bridgehead atoms. The minimum atomic E-state index is -4.45. The monoisotopic (exact) mass is 526 g/mol. The molecule has 2 aromatic rings. The fourth-order valence-electron chi connectivity index (χ4n) is 3.95. The Bertz CT molecular complexity index is 1130. The van der Waals surface area contributed by atoms with Gasteiger partial charge in [0.05, 0.1) is 22.8 Å². The number of benzene rings is 1. The molecule has 1 aliphatic rings. The van der Waals surface area contributed by atoms with Crippen LogP contribution >= 0.6 is 11.8 Å². The second-order valence-electron chi connectivity index (χ2n) is 8.58. The number of aromatic nitrogens is 1. The van der Waals surface area contributed by atoms with Crippen LogP contribution in [-0.4, -0.2) is 36.6 Å². The van der Waals surface area contributed by atoms with E-state index in [1.54, 1.807) is 18.3 Å². The molecule has 1 aliphatic carbocycles. The Hall–Kier alpha value is -2.33. The standard InChI is InChI=1S/C25H29F3N2O3S2/c26-25(27,28)21-10-3-8-20(18-21)9-5-16-35(32,33)17-15-34-24-22(11-4-14-29-24)30-23(31)13-12-19-6-1-2-7-19/h3-5,8-11,14,18-19H,1-2,6-7,12-13,15-17H2,(H,30,31). The molecule has 5 nitrogen and oxygen atoms in total. The Morgan fingerprint density at radius 3 is 2.69 bits per heavy atom. The topological polar surface area (TPSA) is 76.1 Å². The summed E-state index contributed by atoms with van der Waals surface area (Å²) in [5.74, 6) is 0.379. The van der Waals surface area contributed by atoms with E-state index in [2.05, 4.69) is 10.3 Å². The van der Waals surface area contributed by atoms with Crippen molar-refractivity contribution in [1.82, 2.24) is 4.98 Å². The summed E-state index contributed by atoms with van der Waals surface area (Å²) in [6.07, 6.45) is 6.03. The van der Waals surface area contributed by atoms with E-state index in [-0.39, 0.29) is 28.7 Å². The first kappa shape index (κ1) is 27.3. The van der Waals surface area contributed by atoms with Crippen molar-refractivity contribution in [3.05, 3.63) is 59.8 Å². The molecule has 1 fully saturated rings. The lowest BCUT2D eigenvalue weighted by molar-refractivity contribution is -0.137. The normalized spacial score (nSPS) is 15.1. The van der Waals surface area contributed by atoms with Gasteiger partial charge in [0.25, 0.3) is 0 Å². The number of hydrogen-bond acceptors (Lipinski definition) is 5. The van der Waals surface area contributed by atoms with E-state index in [0.29, 0.717) is 23.1 Å². The van der Waals surface area contributed by atoms with Crippen molar-refractivity contribution < 1.29 is 26.4 Å². The van der Waals surface area contributed by atoms with Crippen LogP contribution in [0, 0.1) is 5.92 Å². The highest BCUT2D eigenvalue weighted by atomic mass is 32.2. The summed E-state index contributed by atoms with van der Waals surface area (Å²) >= 11 is 1.24. The fourth-order valence-corrected chi connectivity index (χ4v) is 6.45. The average Bonchev–Trinajstić information content (AvgIpc) is 3.32. The minimum absolute atomic E-state index is 0.0703. The summed E-state index contributed by atoms with van der Waals surface area (Å²) in [4.78, 5) is 16.6. The highest BCUT2D eigenvalue weighted by Gasteiger charge is 2.30. The summed E-state index contributed by atoms with van der Waals surface area (Å²) in [6, 6.07) is 8.17. The van der Waals surface area contributed by atoms with Gasteiger partial charge in [-0.1, -0.05) is 50.0 Å². The van der Waals surface area contributed by atoms with Crippen LogP contribution < -0.4 is 5.32 Å². The molecule has 1 amide bonds. The van der Waals surface area contributed by atoms with E-state index < -0.39 is 21.6 Å². The van der Waals surface area contributed by atoms with Crippen molar-refractivity contribution >= 4 is 39.3 Å². The Kier molecular flexibility index (Phi) is 9.80. The highest BCUT2D eigenvalue weighted by molar-refractivity contribution is 8.00. The number of hydrogen-bond donors (Lipinski definition) is 1. The SMILES string of the molecule is O=C(CCC1CCCC1)Nc1cccnc1SCCS(=O)(=O)CC=Cc1cccc(C(F)(F)F)c1. The van der Waals surface area contributed by atoms with E-state index in [1.807, 2.05) is 0 Å². The molecule has 1 aromatic heterocycles. The van der Waals surface area contributed by atoms with Crippen molar-refractivity contribution in [3.63, 3.8) is 0 Å². The lowest BCUT2D eigenvalue weighted by Gasteiger charge is -2.11. The molecular formula is C25H29F3N2O3S2. The molecule has 10 heteroatoms. The second-order valence-corrected chi connectivity index (χ2v) is 11.9. The molecule has 0 radical (unpaired) electrons. The predicted molar refractivity (Wildman–Crippen MR) is 134 cm³/mol. The number of pyridine rings is 1. The number of carbonyl (C=O) groups is 1. The number of nitrogens with zero attached hydrogens (tertiary/aromatic N) is 1. The first-order chi connectivity index (χ1) is 16.6. The third kappa shape index (κ3) is 9.33. The van der Waals surface area contributed by atoms with Crippen LogP contribution in [0.5, 0.6) is 0 Å². The van der Waals surface area contributed by atoms with Crippen molar-refractivity contribution in [2.45, 2.75) is 49.7 Å². The van der Waals surface area contributed by atoms with Crippen LogP contribution in [0.25, 0.3) is 6.08 Å². The smallest absolute Gasteiger partial charge is 0.324 e. The summed E-state index contributed by atoms with van der Waals surface area (Å²) in [5, 5.41) is 3.44. The quantitative estimate of drug-likeness (QED) is 0.351. The predicted octanol–water partition coefficient (Wildman–Crippen LogP) is 6.23. The van der Waals surface area contributed by atoms with Gasteiger partial charge >= 0.3 is 6.18 Å². The Morgan fingerprint density at radius 1 is 1.17 bits per heavy atom. The van der Waals surface area contributed by atoms with Gasteiger partial charge in [0.15, 0.2) is 9.84 Å². The van der Waals surface area contributed by atoms with Gasteiger partial charge in [0.2, 0.25) is 5.91 Å². The van der Waals surface area contributed by atoms with Crippen LogP contribution in [-0.2, 0) is 20.8 Å². The molecule has 1 aromatic carbocycles. The lowest BCUT2D eigenvalue weighted by atomic mass is 10.0. The molecule has 0 atom stereocenters. The lowest BCUT2D eigenvalue weighted by Crippen LogP contribution is -2.14.